The van der Waals surface area contributed by atoms with Crippen molar-refractivity contribution < 1.29 is 13.9 Å². The van der Waals surface area contributed by atoms with Crippen molar-refractivity contribution in [1.82, 2.24) is 15.5 Å². The Balaban J connectivity index is 1.90. The average molecular weight is 365 g/mol. The van der Waals surface area contributed by atoms with Crippen LogP contribution >= 0.6 is 0 Å². The number of carbonyl (C=O) groups is 1. The molecule has 0 aliphatic carbocycles. The van der Waals surface area contributed by atoms with Crippen LogP contribution in [-0.4, -0.2) is 49.8 Å². The topological polar surface area (TPSA) is 53.6 Å². The Bertz CT molecular complexity index is 550. The molecule has 2 amide bonds. The summed E-state index contributed by atoms with van der Waals surface area (Å²) in [6.45, 7) is 7.51. The lowest BCUT2D eigenvalue weighted by molar-refractivity contribution is 0.0166. The van der Waals surface area contributed by atoms with Gasteiger partial charge in [-0.15, -0.1) is 0 Å². The fraction of sp³-hybridized carbons (Fsp3) is 0.650. The van der Waals surface area contributed by atoms with E-state index >= 15 is 0 Å². The van der Waals surface area contributed by atoms with Crippen molar-refractivity contribution in [2.75, 3.05) is 32.8 Å². The van der Waals surface area contributed by atoms with Crippen molar-refractivity contribution >= 4 is 6.03 Å². The van der Waals surface area contributed by atoms with Crippen LogP contribution in [0.4, 0.5) is 9.18 Å². The number of ether oxygens (including phenoxy) is 1. The van der Waals surface area contributed by atoms with E-state index in [1.807, 2.05) is 13.0 Å². The Morgan fingerprint density at radius 1 is 1.31 bits per heavy atom. The zero-order valence-electron chi connectivity index (χ0n) is 16.0. The van der Waals surface area contributed by atoms with Gasteiger partial charge in [0.2, 0.25) is 0 Å². The maximum Gasteiger partial charge on any atom is 0.315 e. The molecule has 5 nitrogen and oxygen atoms in total. The third-order valence-electron chi connectivity index (χ3n) is 4.79. The zero-order chi connectivity index (χ0) is 18.8. The minimum atomic E-state index is -0.255. The fourth-order valence-corrected chi connectivity index (χ4v) is 3.30. The van der Waals surface area contributed by atoms with Crippen molar-refractivity contribution in [3.8, 4) is 0 Å². The highest BCUT2D eigenvalue weighted by Gasteiger charge is 2.23. The van der Waals surface area contributed by atoms with E-state index in [-0.39, 0.29) is 23.9 Å². The molecule has 1 heterocycles. The molecule has 26 heavy (non-hydrogen) atoms. The molecule has 0 spiro atoms. The number of hydrogen-bond acceptors (Lipinski definition) is 3. The quantitative estimate of drug-likeness (QED) is 0.659. The summed E-state index contributed by atoms with van der Waals surface area (Å²) < 4.78 is 19.1. The monoisotopic (exact) mass is 365 g/mol. The van der Waals surface area contributed by atoms with Crippen LogP contribution in [0.1, 0.15) is 51.1 Å². The highest BCUT2D eigenvalue weighted by atomic mass is 19.1. The van der Waals surface area contributed by atoms with E-state index in [1.165, 1.54) is 18.9 Å². The number of benzene rings is 1. The standard InChI is InChI=1S/C20H32FN3O2/c1-3-4-5-7-16(2)23-20(25)22-15-19(24-10-12-26-13-11-24)17-8-6-9-18(21)14-17/h6,8-9,14,16,19H,3-5,7,10-13,15H2,1-2H3,(H2,22,23,25). The van der Waals surface area contributed by atoms with E-state index in [0.717, 1.165) is 31.5 Å². The van der Waals surface area contributed by atoms with Gasteiger partial charge in [-0.3, -0.25) is 4.90 Å². The molecule has 0 bridgehead atoms. The second kappa shape index (κ2) is 11.1. The van der Waals surface area contributed by atoms with Gasteiger partial charge < -0.3 is 15.4 Å². The molecular formula is C20H32FN3O2. The summed E-state index contributed by atoms with van der Waals surface area (Å²) in [6, 6.07) is 6.55. The first-order chi connectivity index (χ1) is 12.6. The van der Waals surface area contributed by atoms with E-state index in [2.05, 4.69) is 22.5 Å². The molecule has 6 heteroatoms. The minimum Gasteiger partial charge on any atom is -0.379 e. The Morgan fingerprint density at radius 2 is 2.08 bits per heavy atom. The van der Waals surface area contributed by atoms with Gasteiger partial charge in [0.15, 0.2) is 0 Å². The summed E-state index contributed by atoms with van der Waals surface area (Å²) in [4.78, 5) is 14.5. The molecule has 1 saturated heterocycles. The molecule has 146 valence electrons. The normalized spacial score (nSPS) is 17.5. The van der Waals surface area contributed by atoms with Gasteiger partial charge in [-0.2, -0.15) is 0 Å². The zero-order valence-corrected chi connectivity index (χ0v) is 16.0. The highest BCUT2D eigenvalue weighted by Crippen LogP contribution is 2.22. The number of amides is 2. The Kier molecular flexibility index (Phi) is 8.85. The molecule has 1 aromatic rings. The first-order valence-electron chi connectivity index (χ1n) is 9.71. The molecule has 0 saturated carbocycles. The lowest BCUT2D eigenvalue weighted by Gasteiger charge is -2.35. The van der Waals surface area contributed by atoms with Crippen molar-refractivity contribution in [3.05, 3.63) is 35.6 Å². The SMILES string of the molecule is CCCCCC(C)NC(=O)NCC(c1cccc(F)c1)N1CCOCC1. The minimum absolute atomic E-state index is 0.0595. The summed E-state index contributed by atoms with van der Waals surface area (Å²) in [5.41, 5.74) is 0.878. The number of hydrogen-bond donors (Lipinski definition) is 2. The number of urea groups is 1. The number of rotatable bonds is 9. The third-order valence-corrected chi connectivity index (χ3v) is 4.79. The molecule has 2 unspecified atom stereocenters. The van der Waals surface area contributed by atoms with E-state index in [4.69, 9.17) is 4.74 Å². The number of morpholine rings is 1. The molecular weight excluding hydrogens is 333 g/mol. The van der Waals surface area contributed by atoms with Crippen LogP contribution in [0.5, 0.6) is 0 Å². The molecule has 2 N–H and O–H groups in total. The lowest BCUT2D eigenvalue weighted by Crippen LogP contribution is -2.47. The van der Waals surface area contributed by atoms with Crippen LogP contribution in [0.3, 0.4) is 0 Å². The van der Waals surface area contributed by atoms with Crippen LogP contribution in [0.15, 0.2) is 24.3 Å². The van der Waals surface area contributed by atoms with Gasteiger partial charge in [-0.25, -0.2) is 9.18 Å². The third kappa shape index (κ3) is 6.92. The van der Waals surface area contributed by atoms with Crippen LogP contribution in [0.25, 0.3) is 0 Å². The van der Waals surface area contributed by atoms with Crippen LogP contribution < -0.4 is 10.6 Å². The maximum absolute atomic E-state index is 13.7. The summed E-state index contributed by atoms with van der Waals surface area (Å²) in [7, 11) is 0. The van der Waals surface area contributed by atoms with Gasteiger partial charge in [-0.1, -0.05) is 38.3 Å². The molecule has 0 aromatic heterocycles. The largest absolute Gasteiger partial charge is 0.379 e. The second-order valence-corrected chi connectivity index (χ2v) is 6.97. The van der Waals surface area contributed by atoms with Crippen LogP contribution in [0.2, 0.25) is 0 Å². The lowest BCUT2D eigenvalue weighted by atomic mass is 10.0. The summed E-state index contributed by atoms with van der Waals surface area (Å²) in [5, 5.41) is 5.96. The number of nitrogens with one attached hydrogen (secondary N) is 2. The number of carbonyl (C=O) groups excluding carboxylic acids is 1. The van der Waals surface area contributed by atoms with Crippen LogP contribution in [0, 0.1) is 5.82 Å². The maximum atomic E-state index is 13.7. The van der Waals surface area contributed by atoms with Crippen molar-refractivity contribution in [1.29, 1.82) is 0 Å². The van der Waals surface area contributed by atoms with E-state index in [9.17, 15) is 9.18 Å². The van der Waals surface area contributed by atoms with Crippen molar-refractivity contribution in [2.45, 2.75) is 51.6 Å². The predicted molar refractivity (Wildman–Crippen MR) is 102 cm³/mol. The van der Waals surface area contributed by atoms with Gasteiger partial charge >= 0.3 is 6.03 Å². The molecule has 2 atom stereocenters. The summed E-state index contributed by atoms with van der Waals surface area (Å²) in [5.74, 6) is -0.255. The summed E-state index contributed by atoms with van der Waals surface area (Å²) in [6.07, 6.45) is 4.47. The highest BCUT2D eigenvalue weighted by molar-refractivity contribution is 5.74. The molecule has 1 aliphatic heterocycles. The molecule has 2 rings (SSSR count). The fourth-order valence-electron chi connectivity index (χ4n) is 3.30. The van der Waals surface area contributed by atoms with E-state index < -0.39 is 0 Å². The summed E-state index contributed by atoms with van der Waals surface area (Å²) >= 11 is 0. The molecule has 1 aliphatic rings. The number of nitrogens with zero attached hydrogens (tertiary/aromatic N) is 1. The first-order valence-corrected chi connectivity index (χ1v) is 9.71. The second-order valence-electron chi connectivity index (χ2n) is 6.97. The van der Waals surface area contributed by atoms with E-state index in [1.54, 1.807) is 12.1 Å². The van der Waals surface area contributed by atoms with Gasteiger partial charge in [0, 0.05) is 25.7 Å². The number of unbranched alkanes of at least 4 members (excludes halogenated alkanes) is 2. The first kappa shape index (κ1) is 20.6. The molecule has 1 fully saturated rings. The molecule has 0 radical (unpaired) electrons. The van der Waals surface area contributed by atoms with Gasteiger partial charge in [0.25, 0.3) is 0 Å². The van der Waals surface area contributed by atoms with E-state index in [0.29, 0.717) is 19.8 Å². The Hall–Kier alpha value is -1.66. The van der Waals surface area contributed by atoms with Crippen LogP contribution in [-0.2, 0) is 4.74 Å². The smallest absolute Gasteiger partial charge is 0.315 e. The van der Waals surface area contributed by atoms with Gasteiger partial charge in [0.05, 0.1) is 19.3 Å². The Labute approximate surface area is 156 Å². The average Bonchev–Trinajstić information content (AvgIpc) is 2.63. The van der Waals surface area contributed by atoms with Gasteiger partial charge in [0.1, 0.15) is 5.82 Å². The molecule has 1 aromatic carbocycles. The Morgan fingerprint density at radius 3 is 2.77 bits per heavy atom. The predicted octanol–water partition coefficient (Wildman–Crippen LogP) is 3.47. The van der Waals surface area contributed by atoms with Gasteiger partial charge in [-0.05, 0) is 31.0 Å². The van der Waals surface area contributed by atoms with Crippen molar-refractivity contribution in [2.24, 2.45) is 0 Å². The number of halogens is 1. The van der Waals surface area contributed by atoms with Crippen molar-refractivity contribution in [3.63, 3.8) is 0 Å².